The zero-order chi connectivity index (χ0) is 14.0. The van der Waals surface area contributed by atoms with Gasteiger partial charge in [-0.1, -0.05) is 12.1 Å². The molecule has 1 saturated heterocycles. The Morgan fingerprint density at radius 2 is 2.40 bits per heavy atom. The average Bonchev–Trinajstić information content (AvgIpc) is 2.96. The maximum absolute atomic E-state index is 12.1. The van der Waals surface area contributed by atoms with E-state index < -0.39 is 0 Å². The van der Waals surface area contributed by atoms with Gasteiger partial charge in [0.25, 0.3) is 0 Å². The quantitative estimate of drug-likeness (QED) is 0.878. The number of aryl methyl sites for hydroxylation is 1. The number of rotatable bonds is 4. The van der Waals surface area contributed by atoms with Gasteiger partial charge in [0.05, 0.1) is 11.7 Å². The number of nitrogens with zero attached hydrogens (tertiary/aromatic N) is 2. The van der Waals surface area contributed by atoms with E-state index in [0.717, 1.165) is 25.2 Å². The number of hydrogen-bond acceptors (Lipinski definition) is 5. The summed E-state index contributed by atoms with van der Waals surface area (Å²) in [4.78, 5) is 14.3. The Morgan fingerprint density at radius 1 is 1.70 bits per heavy atom. The lowest BCUT2D eigenvalue weighted by Crippen LogP contribution is -2.42. The van der Waals surface area contributed by atoms with Gasteiger partial charge in [-0.15, -0.1) is 12.4 Å². The monoisotopic (exact) mass is 302 g/mol. The second kappa shape index (κ2) is 6.56. The number of likely N-dealkylation sites (tertiary alicyclic amines) is 1. The minimum atomic E-state index is -0.196. The number of amides is 1. The molecular weight excluding hydrogens is 280 g/mol. The normalized spacial score (nSPS) is 24.2. The van der Waals surface area contributed by atoms with Crippen LogP contribution in [-0.4, -0.2) is 41.6 Å². The maximum Gasteiger partial charge on any atom is 0.243 e. The summed E-state index contributed by atoms with van der Waals surface area (Å²) in [7, 11) is 0. The molecule has 2 unspecified atom stereocenters. The van der Waals surface area contributed by atoms with E-state index in [0.29, 0.717) is 12.4 Å². The van der Waals surface area contributed by atoms with E-state index in [1.165, 1.54) is 0 Å². The topological polar surface area (TPSA) is 84.4 Å². The van der Waals surface area contributed by atoms with Crippen molar-refractivity contribution in [2.24, 2.45) is 11.1 Å². The van der Waals surface area contributed by atoms with Crippen LogP contribution in [0, 0.1) is 12.3 Å². The predicted molar refractivity (Wildman–Crippen MR) is 79.9 cm³/mol. The van der Waals surface area contributed by atoms with Crippen molar-refractivity contribution in [1.29, 1.82) is 0 Å². The van der Waals surface area contributed by atoms with Crippen molar-refractivity contribution in [1.82, 2.24) is 10.1 Å². The van der Waals surface area contributed by atoms with Crippen LogP contribution in [0.25, 0.3) is 0 Å². The Morgan fingerprint density at radius 3 is 2.90 bits per heavy atom. The number of aromatic nitrogens is 1. The number of carbonyl (C=O) groups is 1. The van der Waals surface area contributed by atoms with Crippen LogP contribution in [0.3, 0.4) is 0 Å². The molecular formula is C13H23ClN4O2. The van der Waals surface area contributed by atoms with E-state index in [1.807, 2.05) is 13.8 Å². The van der Waals surface area contributed by atoms with Crippen LogP contribution >= 0.6 is 12.4 Å². The standard InChI is InChI=1S/C13H22N4O2.ClH/c1-9-6-11(19-16-9)15-12(18)10(2)17-5-4-13(3,7-14)8-17;/h6,10H,4-5,7-8,14H2,1-3H3,(H,15,18);1H. The van der Waals surface area contributed by atoms with Gasteiger partial charge < -0.3 is 10.3 Å². The molecule has 20 heavy (non-hydrogen) atoms. The first kappa shape index (κ1) is 16.9. The van der Waals surface area contributed by atoms with Gasteiger partial charge in [0.15, 0.2) is 0 Å². The summed E-state index contributed by atoms with van der Waals surface area (Å²) >= 11 is 0. The minimum absolute atomic E-state index is 0. The van der Waals surface area contributed by atoms with Crippen molar-refractivity contribution in [3.8, 4) is 0 Å². The molecule has 114 valence electrons. The van der Waals surface area contributed by atoms with Crippen molar-refractivity contribution < 1.29 is 9.32 Å². The van der Waals surface area contributed by atoms with Gasteiger partial charge in [-0.2, -0.15) is 0 Å². The minimum Gasteiger partial charge on any atom is -0.338 e. The van der Waals surface area contributed by atoms with Gasteiger partial charge in [-0.05, 0) is 38.8 Å². The molecule has 1 amide bonds. The van der Waals surface area contributed by atoms with Gasteiger partial charge in [0.2, 0.25) is 11.8 Å². The van der Waals surface area contributed by atoms with Crippen LogP contribution in [-0.2, 0) is 4.79 Å². The van der Waals surface area contributed by atoms with Gasteiger partial charge in [-0.25, -0.2) is 0 Å². The first-order valence-electron chi connectivity index (χ1n) is 6.62. The lowest BCUT2D eigenvalue weighted by molar-refractivity contribution is -0.120. The van der Waals surface area contributed by atoms with Crippen LogP contribution in [0.4, 0.5) is 5.88 Å². The Kier molecular flexibility index (Phi) is 5.56. The third-order valence-corrected chi connectivity index (χ3v) is 3.88. The van der Waals surface area contributed by atoms with Gasteiger partial charge in [-0.3, -0.25) is 15.0 Å². The maximum atomic E-state index is 12.1. The van der Waals surface area contributed by atoms with Crippen LogP contribution < -0.4 is 11.1 Å². The number of nitrogens with two attached hydrogens (primary N) is 1. The summed E-state index contributed by atoms with van der Waals surface area (Å²) in [5.74, 6) is 0.326. The van der Waals surface area contributed by atoms with Gasteiger partial charge in [0.1, 0.15) is 0 Å². The highest BCUT2D eigenvalue weighted by Crippen LogP contribution is 2.29. The van der Waals surface area contributed by atoms with Crippen molar-refractivity contribution in [2.75, 3.05) is 25.0 Å². The van der Waals surface area contributed by atoms with E-state index in [4.69, 9.17) is 10.3 Å². The molecule has 0 spiro atoms. The van der Waals surface area contributed by atoms with Crippen molar-refractivity contribution >= 4 is 24.2 Å². The zero-order valence-electron chi connectivity index (χ0n) is 12.2. The zero-order valence-corrected chi connectivity index (χ0v) is 13.0. The molecule has 0 saturated carbocycles. The Labute approximate surface area is 125 Å². The first-order valence-corrected chi connectivity index (χ1v) is 6.62. The van der Waals surface area contributed by atoms with Crippen LogP contribution in [0.2, 0.25) is 0 Å². The second-order valence-corrected chi connectivity index (χ2v) is 5.73. The summed E-state index contributed by atoms with van der Waals surface area (Å²) in [5, 5.41) is 6.49. The summed E-state index contributed by atoms with van der Waals surface area (Å²) in [6, 6.07) is 1.51. The molecule has 3 N–H and O–H groups in total. The van der Waals surface area contributed by atoms with E-state index in [2.05, 4.69) is 22.3 Å². The molecule has 0 radical (unpaired) electrons. The molecule has 1 aliphatic heterocycles. The Bertz CT molecular complexity index is 465. The van der Waals surface area contributed by atoms with E-state index in [-0.39, 0.29) is 29.8 Å². The number of hydrogen-bond donors (Lipinski definition) is 2. The molecule has 0 bridgehead atoms. The van der Waals surface area contributed by atoms with E-state index >= 15 is 0 Å². The molecule has 1 aliphatic rings. The molecule has 1 fully saturated rings. The molecule has 2 heterocycles. The summed E-state index contributed by atoms with van der Waals surface area (Å²) in [6.45, 7) is 8.29. The number of anilines is 1. The SMILES string of the molecule is Cc1cc(NC(=O)C(C)N2CCC(C)(CN)C2)on1.Cl. The number of carbonyl (C=O) groups excluding carboxylic acids is 1. The fourth-order valence-corrected chi connectivity index (χ4v) is 2.37. The van der Waals surface area contributed by atoms with Crippen molar-refractivity contribution in [3.05, 3.63) is 11.8 Å². The van der Waals surface area contributed by atoms with Crippen molar-refractivity contribution in [3.63, 3.8) is 0 Å². The van der Waals surface area contributed by atoms with Gasteiger partial charge in [0, 0.05) is 12.6 Å². The summed E-state index contributed by atoms with van der Waals surface area (Å²) in [6.07, 6.45) is 1.03. The molecule has 0 aromatic carbocycles. The van der Waals surface area contributed by atoms with Crippen LogP contribution in [0.15, 0.2) is 10.6 Å². The smallest absolute Gasteiger partial charge is 0.243 e. The Balaban J connectivity index is 0.00000200. The van der Waals surface area contributed by atoms with E-state index in [9.17, 15) is 4.79 Å². The second-order valence-electron chi connectivity index (χ2n) is 5.73. The molecule has 2 rings (SSSR count). The summed E-state index contributed by atoms with van der Waals surface area (Å²) in [5.41, 5.74) is 6.65. The fourth-order valence-electron chi connectivity index (χ4n) is 2.37. The lowest BCUT2D eigenvalue weighted by atomic mass is 9.90. The van der Waals surface area contributed by atoms with Crippen LogP contribution in [0.1, 0.15) is 26.0 Å². The molecule has 1 aromatic heterocycles. The molecule has 0 aliphatic carbocycles. The van der Waals surface area contributed by atoms with Crippen LogP contribution in [0.5, 0.6) is 0 Å². The van der Waals surface area contributed by atoms with Gasteiger partial charge >= 0.3 is 0 Å². The number of halogens is 1. The average molecular weight is 303 g/mol. The molecule has 1 aromatic rings. The third-order valence-electron chi connectivity index (χ3n) is 3.88. The highest BCUT2D eigenvalue weighted by Gasteiger charge is 2.36. The van der Waals surface area contributed by atoms with Crippen molar-refractivity contribution in [2.45, 2.75) is 33.2 Å². The Hall–Kier alpha value is -1.11. The first-order chi connectivity index (χ1) is 8.93. The largest absolute Gasteiger partial charge is 0.338 e. The molecule has 6 nitrogen and oxygen atoms in total. The highest BCUT2D eigenvalue weighted by molar-refractivity contribution is 5.93. The third kappa shape index (κ3) is 3.71. The highest BCUT2D eigenvalue weighted by atomic mass is 35.5. The summed E-state index contributed by atoms with van der Waals surface area (Å²) < 4.78 is 4.99. The molecule has 7 heteroatoms. The number of nitrogens with one attached hydrogen (secondary N) is 1. The van der Waals surface area contributed by atoms with E-state index in [1.54, 1.807) is 6.07 Å². The fraction of sp³-hybridized carbons (Fsp3) is 0.692. The molecule has 2 atom stereocenters. The lowest BCUT2D eigenvalue weighted by Gasteiger charge is -2.26. The predicted octanol–water partition coefficient (Wildman–Crippen LogP) is 1.40.